The van der Waals surface area contributed by atoms with Crippen LogP contribution in [0.25, 0.3) is 0 Å². The lowest BCUT2D eigenvalue weighted by Gasteiger charge is -2.09. The van der Waals surface area contributed by atoms with Crippen LogP contribution in [0.4, 0.5) is 0 Å². The molecule has 0 radical (unpaired) electrons. The van der Waals surface area contributed by atoms with Gasteiger partial charge in [0.05, 0.1) is 13.2 Å². The molecule has 2 aliphatic heterocycles. The number of esters is 2. The van der Waals surface area contributed by atoms with Gasteiger partial charge in [0.15, 0.2) is 0 Å². The molecule has 8 nitrogen and oxygen atoms in total. The third kappa shape index (κ3) is 8.00. The van der Waals surface area contributed by atoms with E-state index in [1.807, 2.05) is 13.8 Å². The Kier molecular flexibility index (Phi) is 9.57. The molecule has 2 heterocycles. The topological polar surface area (TPSA) is 111 Å². The van der Waals surface area contributed by atoms with Crippen molar-refractivity contribution >= 4 is 23.8 Å². The lowest BCUT2D eigenvalue weighted by Crippen LogP contribution is -2.34. The molecule has 2 fully saturated rings. The van der Waals surface area contributed by atoms with E-state index in [0.29, 0.717) is 38.9 Å². The van der Waals surface area contributed by atoms with Crippen molar-refractivity contribution < 1.29 is 28.7 Å². The SMILES string of the molecule is CCCCOC(=O)[C@@H]1CCC(=O)N1.CCCOC(=O)[C@@H]1CCC(=O)N1. The molecule has 0 aliphatic carbocycles. The van der Waals surface area contributed by atoms with Crippen LogP contribution in [-0.2, 0) is 28.7 Å². The first-order valence-electron chi connectivity index (χ1n) is 8.89. The second kappa shape index (κ2) is 11.4. The minimum atomic E-state index is -0.399. The van der Waals surface area contributed by atoms with Crippen LogP contribution in [0, 0.1) is 0 Å². The Bertz CT molecular complexity index is 480. The summed E-state index contributed by atoms with van der Waals surface area (Å²) in [4.78, 5) is 43.8. The van der Waals surface area contributed by atoms with Crippen LogP contribution in [0.5, 0.6) is 0 Å². The molecule has 0 saturated carbocycles. The normalized spacial score (nSPS) is 21.7. The first kappa shape index (κ1) is 20.9. The quantitative estimate of drug-likeness (QED) is 0.516. The zero-order valence-corrected chi connectivity index (χ0v) is 15.0. The number of carbonyl (C=O) groups is 4. The summed E-state index contributed by atoms with van der Waals surface area (Å²) < 4.78 is 9.83. The Morgan fingerprint density at radius 3 is 1.72 bits per heavy atom. The highest BCUT2D eigenvalue weighted by molar-refractivity contribution is 5.88. The third-order valence-corrected chi connectivity index (χ3v) is 3.75. The van der Waals surface area contributed by atoms with Gasteiger partial charge < -0.3 is 20.1 Å². The van der Waals surface area contributed by atoms with Crippen LogP contribution in [0.2, 0.25) is 0 Å². The van der Waals surface area contributed by atoms with Crippen molar-refractivity contribution in [2.24, 2.45) is 0 Å². The number of carbonyl (C=O) groups excluding carboxylic acids is 4. The number of amides is 2. The van der Waals surface area contributed by atoms with E-state index >= 15 is 0 Å². The van der Waals surface area contributed by atoms with Crippen molar-refractivity contribution in [1.82, 2.24) is 10.6 Å². The predicted molar refractivity (Wildman–Crippen MR) is 89.4 cm³/mol. The minimum absolute atomic E-state index is 0.0579. The molecule has 0 aromatic heterocycles. The highest BCUT2D eigenvalue weighted by atomic mass is 16.5. The van der Waals surface area contributed by atoms with Gasteiger partial charge in [-0.15, -0.1) is 0 Å². The first-order chi connectivity index (χ1) is 12.0. The van der Waals surface area contributed by atoms with Crippen molar-refractivity contribution in [1.29, 1.82) is 0 Å². The zero-order chi connectivity index (χ0) is 18.7. The van der Waals surface area contributed by atoms with Gasteiger partial charge in [0.25, 0.3) is 0 Å². The summed E-state index contributed by atoms with van der Waals surface area (Å²) in [5.74, 6) is -0.715. The number of unbranched alkanes of at least 4 members (excludes halogenated alkanes) is 1. The van der Waals surface area contributed by atoms with E-state index in [1.54, 1.807) is 0 Å². The molecule has 0 unspecified atom stereocenters. The highest BCUT2D eigenvalue weighted by Crippen LogP contribution is 2.08. The Labute approximate surface area is 148 Å². The fourth-order valence-corrected chi connectivity index (χ4v) is 2.30. The standard InChI is InChI=1S/C9H15NO3.C8H13NO3/c1-2-3-6-13-9(12)7-4-5-8(11)10-7;1-2-5-12-8(11)6-3-4-7(10)9-6/h7H,2-6H2,1H3,(H,10,11);6H,2-5H2,1H3,(H,9,10)/t7-;6-/m00/s1. The number of hydrogen-bond donors (Lipinski definition) is 2. The summed E-state index contributed by atoms with van der Waals surface area (Å²) >= 11 is 0. The Morgan fingerprint density at radius 2 is 1.36 bits per heavy atom. The highest BCUT2D eigenvalue weighted by Gasteiger charge is 2.28. The molecule has 2 N–H and O–H groups in total. The molecule has 2 saturated heterocycles. The smallest absolute Gasteiger partial charge is 0.328 e. The minimum Gasteiger partial charge on any atom is -0.464 e. The first-order valence-corrected chi connectivity index (χ1v) is 8.89. The van der Waals surface area contributed by atoms with Gasteiger partial charge in [0.1, 0.15) is 12.1 Å². The number of rotatable bonds is 7. The van der Waals surface area contributed by atoms with Gasteiger partial charge in [-0.05, 0) is 25.7 Å². The molecule has 142 valence electrons. The van der Waals surface area contributed by atoms with E-state index in [4.69, 9.17) is 9.47 Å². The molecular formula is C17H28N2O6. The van der Waals surface area contributed by atoms with Gasteiger partial charge in [-0.3, -0.25) is 9.59 Å². The summed E-state index contributed by atoms with van der Waals surface area (Å²) in [6, 6.07) is -0.798. The molecular weight excluding hydrogens is 328 g/mol. The van der Waals surface area contributed by atoms with Gasteiger partial charge in [-0.1, -0.05) is 20.3 Å². The van der Waals surface area contributed by atoms with Gasteiger partial charge in [0, 0.05) is 12.8 Å². The second-order valence-electron chi connectivity index (χ2n) is 6.01. The largest absolute Gasteiger partial charge is 0.464 e. The Balaban J connectivity index is 0.000000251. The summed E-state index contributed by atoms with van der Waals surface area (Å²) in [5.41, 5.74) is 0. The van der Waals surface area contributed by atoms with Gasteiger partial charge in [-0.2, -0.15) is 0 Å². The summed E-state index contributed by atoms with van der Waals surface area (Å²) in [7, 11) is 0. The molecule has 0 bridgehead atoms. The molecule has 2 aliphatic rings. The van der Waals surface area contributed by atoms with Crippen LogP contribution in [0.1, 0.15) is 58.8 Å². The van der Waals surface area contributed by atoms with E-state index in [-0.39, 0.29) is 23.8 Å². The summed E-state index contributed by atoms with van der Waals surface area (Å²) in [5, 5.41) is 5.12. The molecule has 0 spiro atoms. The van der Waals surface area contributed by atoms with Crippen LogP contribution >= 0.6 is 0 Å². The average molecular weight is 356 g/mol. The fourth-order valence-electron chi connectivity index (χ4n) is 2.30. The monoisotopic (exact) mass is 356 g/mol. The van der Waals surface area contributed by atoms with Gasteiger partial charge >= 0.3 is 11.9 Å². The summed E-state index contributed by atoms with van der Waals surface area (Å²) in [6.07, 6.45) is 4.72. The van der Waals surface area contributed by atoms with Crippen LogP contribution in [-0.4, -0.2) is 49.1 Å². The van der Waals surface area contributed by atoms with Gasteiger partial charge in [-0.25, -0.2) is 9.59 Å². The van der Waals surface area contributed by atoms with Crippen molar-refractivity contribution in [2.45, 2.75) is 70.9 Å². The molecule has 25 heavy (non-hydrogen) atoms. The van der Waals surface area contributed by atoms with Crippen LogP contribution in [0.3, 0.4) is 0 Å². The maximum Gasteiger partial charge on any atom is 0.328 e. The molecule has 2 amide bonds. The van der Waals surface area contributed by atoms with Crippen LogP contribution in [0.15, 0.2) is 0 Å². The van der Waals surface area contributed by atoms with Gasteiger partial charge in [0.2, 0.25) is 11.8 Å². The van der Waals surface area contributed by atoms with E-state index in [1.165, 1.54) is 0 Å². The zero-order valence-electron chi connectivity index (χ0n) is 15.0. The molecule has 0 aromatic rings. The van der Waals surface area contributed by atoms with E-state index in [0.717, 1.165) is 19.3 Å². The second-order valence-corrected chi connectivity index (χ2v) is 6.01. The maximum atomic E-state index is 11.2. The predicted octanol–water partition coefficient (Wildman–Crippen LogP) is 0.827. The molecule has 8 heteroatoms. The molecule has 2 atom stereocenters. The average Bonchev–Trinajstić information content (AvgIpc) is 3.22. The Hall–Kier alpha value is -2.12. The number of hydrogen-bond acceptors (Lipinski definition) is 6. The maximum absolute atomic E-state index is 11.2. The number of nitrogens with one attached hydrogen (secondary N) is 2. The van der Waals surface area contributed by atoms with Crippen molar-refractivity contribution in [3.8, 4) is 0 Å². The van der Waals surface area contributed by atoms with Crippen molar-refractivity contribution in [2.75, 3.05) is 13.2 Å². The molecule has 0 aromatic carbocycles. The van der Waals surface area contributed by atoms with E-state index < -0.39 is 12.1 Å². The lowest BCUT2D eigenvalue weighted by molar-refractivity contribution is -0.147. The molecule has 2 rings (SSSR count). The lowest BCUT2D eigenvalue weighted by atomic mass is 10.2. The number of ether oxygens (including phenoxy) is 2. The summed E-state index contributed by atoms with van der Waals surface area (Å²) in [6.45, 7) is 4.86. The Morgan fingerprint density at radius 1 is 0.880 bits per heavy atom. The third-order valence-electron chi connectivity index (χ3n) is 3.75. The van der Waals surface area contributed by atoms with E-state index in [9.17, 15) is 19.2 Å². The van der Waals surface area contributed by atoms with Crippen molar-refractivity contribution in [3.05, 3.63) is 0 Å². The fraction of sp³-hybridized carbons (Fsp3) is 0.765. The van der Waals surface area contributed by atoms with Crippen molar-refractivity contribution in [3.63, 3.8) is 0 Å². The van der Waals surface area contributed by atoms with E-state index in [2.05, 4.69) is 10.6 Å². The van der Waals surface area contributed by atoms with Crippen LogP contribution < -0.4 is 10.6 Å².